The van der Waals surface area contributed by atoms with Crippen LogP contribution in [0, 0.1) is 10.1 Å². The van der Waals surface area contributed by atoms with E-state index in [0.29, 0.717) is 22.9 Å². The van der Waals surface area contributed by atoms with Gasteiger partial charge < -0.3 is 9.64 Å². The summed E-state index contributed by atoms with van der Waals surface area (Å²) in [5, 5.41) is 11.8. The van der Waals surface area contributed by atoms with Crippen molar-refractivity contribution in [3.05, 3.63) is 69.8 Å². The molecule has 4 rings (SSSR count). The van der Waals surface area contributed by atoms with Gasteiger partial charge >= 0.3 is 0 Å². The lowest BCUT2D eigenvalue weighted by atomic mass is 9.99. The molecule has 0 amide bonds. The van der Waals surface area contributed by atoms with Crippen molar-refractivity contribution in [2.24, 2.45) is 0 Å². The second kappa shape index (κ2) is 9.16. The fourth-order valence-electron chi connectivity index (χ4n) is 4.82. The molecule has 7 heteroatoms. The standard InChI is InChI=1S/C24H29N3O4/c1-17-15-26(16-18(2)31-17)21-10-12-25(13-11-21)22-9-8-20(14-23(22)27(29)30)24(28)19-6-4-3-5-7-19/h3-9,14,17-18,21H,10-13,15-16H2,1-2H3/t17-,18-/m1/s1. The molecule has 0 aromatic heterocycles. The fraction of sp³-hybridized carbons (Fsp3) is 0.458. The zero-order valence-corrected chi connectivity index (χ0v) is 18.1. The van der Waals surface area contributed by atoms with E-state index in [1.807, 2.05) is 6.07 Å². The Balaban J connectivity index is 1.48. The number of carbonyl (C=O) groups is 1. The molecule has 2 aromatic carbocycles. The average Bonchev–Trinajstić information content (AvgIpc) is 2.78. The number of carbonyl (C=O) groups excluding carboxylic acids is 1. The molecule has 2 fully saturated rings. The highest BCUT2D eigenvalue weighted by molar-refractivity contribution is 6.09. The SMILES string of the molecule is C[C@@H]1CN(C2CCN(c3ccc(C(=O)c4ccccc4)cc3[N+](=O)[O-])CC2)C[C@@H](C)O1. The molecule has 2 aromatic rings. The second-order valence-corrected chi connectivity index (χ2v) is 8.59. The van der Waals surface area contributed by atoms with Crippen LogP contribution < -0.4 is 4.90 Å². The molecule has 164 valence electrons. The van der Waals surface area contributed by atoms with Gasteiger partial charge in [-0.1, -0.05) is 30.3 Å². The number of hydrogen-bond acceptors (Lipinski definition) is 6. The summed E-state index contributed by atoms with van der Waals surface area (Å²) in [4.78, 5) is 28.7. The molecule has 31 heavy (non-hydrogen) atoms. The first-order valence-electron chi connectivity index (χ1n) is 10.9. The van der Waals surface area contributed by atoms with E-state index in [-0.39, 0.29) is 28.6 Å². The molecule has 0 N–H and O–H groups in total. The molecule has 2 aliphatic heterocycles. The Hall–Kier alpha value is -2.77. The first kappa shape index (κ1) is 21.5. The minimum absolute atomic E-state index is 0.00570. The van der Waals surface area contributed by atoms with E-state index in [1.54, 1.807) is 36.4 Å². The molecule has 0 unspecified atom stereocenters. The topological polar surface area (TPSA) is 75.9 Å². The van der Waals surface area contributed by atoms with E-state index in [4.69, 9.17) is 4.74 Å². The normalized spacial score (nSPS) is 23.0. The fourth-order valence-corrected chi connectivity index (χ4v) is 4.82. The number of morpholine rings is 1. The van der Waals surface area contributed by atoms with E-state index in [1.165, 1.54) is 6.07 Å². The van der Waals surface area contributed by atoms with Crippen LogP contribution >= 0.6 is 0 Å². The number of nitro groups is 1. The van der Waals surface area contributed by atoms with Crippen LogP contribution in [0.2, 0.25) is 0 Å². The van der Waals surface area contributed by atoms with Gasteiger partial charge in [-0.05, 0) is 38.8 Å². The van der Waals surface area contributed by atoms with Crippen molar-refractivity contribution in [3.8, 4) is 0 Å². The van der Waals surface area contributed by atoms with Crippen molar-refractivity contribution >= 4 is 17.2 Å². The van der Waals surface area contributed by atoms with Gasteiger partial charge in [0.1, 0.15) is 5.69 Å². The van der Waals surface area contributed by atoms with Crippen LogP contribution in [0.1, 0.15) is 42.6 Å². The third-order valence-corrected chi connectivity index (χ3v) is 6.24. The largest absolute Gasteiger partial charge is 0.373 e. The number of ketones is 1. The van der Waals surface area contributed by atoms with Crippen LogP contribution in [-0.4, -0.2) is 60.0 Å². The van der Waals surface area contributed by atoms with Gasteiger partial charge in [-0.15, -0.1) is 0 Å². The van der Waals surface area contributed by atoms with Crippen molar-refractivity contribution < 1.29 is 14.5 Å². The predicted octanol–water partition coefficient (Wildman–Crippen LogP) is 3.90. The molecule has 0 aliphatic carbocycles. The highest BCUT2D eigenvalue weighted by atomic mass is 16.6. The Bertz CT molecular complexity index is 931. The van der Waals surface area contributed by atoms with Crippen molar-refractivity contribution in [1.82, 2.24) is 4.90 Å². The van der Waals surface area contributed by atoms with Gasteiger partial charge in [-0.2, -0.15) is 0 Å². The Labute approximate surface area is 182 Å². The van der Waals surface area contributed by atoms with Gasteiger partial charge in [0, 0.05) is 49.4 Å². The van der Waals surface area contributed by atoms with Gasteiger partial charge in [0.15, 0.2) is 5.78 Å². The first-order valence-corrected chi connectivity index (χ1v) is 10.9. The molecular weight excluding hydrogens is 394 g/mol. The van der Waals surface area contributed by atoms with E-state index in [2.05, 4.69) is 23.6 Å². The molecule has 2 atom stereocenters. The summed E-state index contributed by atoms with van der Waals surface area (Å²) in [6.07, 6.45) is 2.39. The molecule has 0 saturated carbocycles. The summed E-state index contributed by atoms with van der Waals surface area (Å²) in [5.41, 5.74) is 1.46. The van der Waals surface area contributed by atoms with Gasteiger partial charge in [-0.25, -0.2) is 0 Å². The number of nitro benzene ring substituents is 1. The number of anilines is 1. The number of benzene rings is 2. The average molecular weight is 424 g/mol. The summed E-state index contributed by atoms with van der Waals surface area (Å²) in [6, 6.07) is 14.2. The molecule has 2 heterocycles. The van der Waals surface area contributed by atoms with Gasteiger partial charge in [0.05, 0.1) is 17.1 Å². The minimum atomic E-state index is -0.380. The van der Waals surface area contributed by atoms with Crippen molar-refractivity contribution in [2.45, 2.75) is 44.9 Å². The Morgan fingerprint density at radius 2 is 1.65 bits per heavy atom. The van der Waals surface area contributed by atoms with Crippen LogP contribution in [0.3, 0.4) is 0 Å². The highest BCUT2D eigenvalue weighted by Crippen LogP contribution is 2.33. The third kappa shape index (κ3) is 4.78. The maximum Gasteiger partial charge on any atom is 0.293 e. The lowest BCUT2D eigenvalue weighted by molar-refractivity contribution is -0.384. The zero-order chi connectivity index (χ0) is 22.0. The molecule has 0 bridgehead atoms. The maximum atomic E-state index is 12.7. The van der Waals surface area contributed by atoms with Gasteiger partial charge in [-0.3, -0.25) is 19.8 Å². The van der Waals surface area contributed by atoms with Crippen LogP contribution in [0.4, 0.5) is 11.4 Å². The smallest absolute Gasteiger partial charge is 0.293 e. The van der Waals surface area contributed by atoms with Crippen molar-refractivity contribution in [3.63, 3.8) is 0 Å². The van der Waals surface area contributed by atoms with E-state index in [0.717, 1.165) is 39.0 Å². The summed E-state index contributed by atoms with van der Waals surface area (Å²) < 4.78 is 5.85. The van der Waals surface area contributed by atoms with E-state index in [9.17, 15) is 14.9 Å². The lowest BCUT2D eigenvalue weighted by Gasteiger charge is -2.44. The molecule has 0 spiro atoms. The molecule has 7 nitrogen and oxygen atoms in total. The first-order chi connectivity index (χ1) is 14.9. The minimum Gasteiger partial charge on any atom is -0.373 e. The molecule has 2 saturated heterocycles. The van der Waals surface area contributed by atoms with Crippen molar-refractivity contribution in [1.29, 1.82) is 0 Å². The summed E-state index contributed by atoms with van der Waals surface area (Å²) >= 11 is 0. The van der Waals surface area contributed by atoms with Crippen LogP contribution in [-0.2, 0) is 4.74 Å². The van der Waals surface area contributed by atoms with Crippen LogP contribution in [0.15, 0.2) is 48.5 Å². The monoisotopic (exact) mass is 423 g/mol. The van der Waals surface area contributed by atoms with Crippen LogP contribution in [0.25, 0.3) is 0 Å². The Kier molecular flexibility index (Phi) is 6.34. The molecule has 2 aliphatic rings. The summed E-state index contributed by atoms with van der Waals surface area (Å²) in [5.74, 6) is -0.204. The van der Waals surface area contributed by atoms with E-state index < -0.39 is 0 Å². The Morgan fingerprint density at radius 1 is 1.00 bits per heavy atom. The van der Waals surface area contributed by atoms with Gasteiger partial charge in [0.25, 0.3) is 5.69 Å². The zero-order valence-electron chi connectivity index (χ0n) is 18.1. The van der Waals surface area contributed by atoms with E-state index >= 15 is 0 Å². The maximum absolute atomic E-state index is 12.7. The summed E-state index contributed by atoms with van der Waals surface area (Å²) in [6.45, 7) is 7.62. The highest BCUT2D eigenvalue weighted by Gasteiger charge is 2.32. The Morgan fingerprint density at radius 3 is 2.26 bits per heavy atom. The third-order valence-electron chi connectivity index (χ3n) is 6.24. The quantitative estimate of drug-likeness (QED) is 0.412. The van der Waals surface area contributed by atoms with Crippen molar-refractivity contribution in [2.75, 3.05) is 31.1 Å². The molecular formula is C24H29N3O4. The van der Waals surface area contributed by atoms with Gasteiger partial charge in [0.2, 0.25) is 0 Å². The summed E-state index contributed by atoms with van der Waals surface area (Å²) in [7, 11) is 0. The van der Waals surface area contributed by atoms with Crippen LogP contribution in [0.5, 0.6) is 0 Å². The molecule has 0 radical (unpaired) electrons. The number of ether oxygens (including phenoxy) is 1. The number of hydrogen-bond donors (Lipinski definition) is 0. The lowest BCUT2D eigenvalue weighted by Crippen LogP contribution is -2.53. The number of piperidine rings is 1. The predicted molar refractivity (Wildman–Crippen MR) is 120 cm³/mol. The number of rotatable bonds is 5. The number of nitrogens with zero attached hydrogens (tertiary/aromatic N) is 3. The second-order valence-electron chi connectivity index (χ2n) is 8.59.